The molecular weight excluding hydrogens is 224 g/mol. The number of aryl methyl sites for hydroxylation is 2. The molecule has 0 amide bonds. The summed E-state index contributed by atoms with van der Waals surface area (Å²) in [7, 11) is 3.55. The second-order valence-corrected chi connectivity index (χ2v) is 5.25. The van der Waals surface area contributed by atoms with Gasteiger partial charge in [0.15, 0.2) is 0 Å². The van der Waals surface area contributed by atoms with E-state index in [0.29, 0.717) is 0 Å². The van der Waals surface area contributed by atoms with Gasteiger partial charge in [-0.1, -0.05) is 6.07 Å². The third kappa shape index (κ3) is 2.65. The lowest BCUT2D eigenvalue weighted by Crippen LogP contribution is -2.31. The zero-order valence-corrected chi connectivity index (χ0v) is 12.1. The average molecular weight is 246 g/mol. The Hall–Kier alpha value is -1.53. The Bertz CT molecular complexity index is 472. The summed E-state index contributed by atoms with van der Waals surface area (Å²) >= 11 is 0. The molecule has 0 heterocycles. The molecule has 0 bridgehead atoms. The lowest BCUT2D eigenvalue weighted by Gasteiger charge is -2.30. The van der Waals surface area contributed by atoms with E-state index in [2.05, 4.69) is 24.4 Å². The summed E-state index contributed by atoms with van der Waals surface area (Å²) in [5.74, 6) is 0.843. The van der Waals surface area contributed by atoms with Crippen LogP contribution in [0, 0.1) is 30.6 Å². The van der Waals surface area contributed by atoms with Crippen molar-refractivity contribution in [1.82, 2.24) is 5.32 Å². The fourth-order valence-electron chi connectivity index (χ4n) is 2.41. The number of rotatable bonds is 4. The second kappa shape index (κ2) is 5.41. The van der Waals surface area contributed by atoms with E-state index in [1.165, 1.54) is 0 Å². The van der Waals surface area contributed by atoms with Gasteiger partial charge < -0.3 is 10.1 Å². The van der Waals surface area contributed by atoms with Crippen LogP contribution in [-0.2, 0) is 0 Å². The highest BCUT2D eigenvalue weighted by molar-refractivity contribution is 5.46. The first-order chi connectivity index (χ1) is 8.37. The Balaban J connectivity index is 3.43. The lowest BCUT2D eigenvalue weighted by molar-refractivity contribution is 0.325. The summed E-state index contributed by atoms with van der Waals surface area (Å²) in [6, 6.07) is 6.44. The van der Waals surface area contributed by atoms with Crippen LogP contribution in [0.1, 0.15) is 36.6 Å². The molecular formula is C15H22N2O. The van der Waals surface area contributed by atoms with Crippen molar-refractivity contribution in [3.05, 3.63) is 28.8 Å². The molecule has 98 valence electrons. The number of nitrogens with one attached hydrogen (secondary N) is 1. The Morgan fingerprint density at radius 1 is 1.33 bits per heavy atom. The topological polar surface area (TPSA) is 45.0 Å². The highest BCUT2D eigenvalue weighted by Crippen LogP contribution is 2.39. The summed E-state index contributed by atoms with van der Waals surface area (Å²) in [6.07, 6.45) is 0. The fraction of sp³-hybridized carbons (Fsp3) is 0.533. The minimum Gasteiger partial charge on any atom is -0.496 e. The van der Waals surface area contributed by atoms with Crippen molar-refractivity contribution in [1.29, 1.82) is 5.26 Å². The third-order valence-electron chi connectivity index (χ3n) is 3.30. The van der Waals surface area contributed by atoms with Gasteiger partial charge in [0, 0.05) is 5.56 Å². The number of methoxy groups -OCH3 is 1. The minimum absolute atomic E-state index is 0.0574. The van der Waals surface area contributed by atoms with Crippen LogP contribution >= 0.6 is 0 Å². The van der Waals surface area contributed by atoms with Gasteiger partial charge >= 0.3 is 0 Å². The van der Waals surface area contributed by atoms with Crippen molar-refractivity contribution < 1.29 is 4.74 Å². The van der Waals surface area contributed by atoms with Crippen molar-refractivity contribution in [3.63, 3.8) is 0 Å². The SMILES string of the molecule is CNC(c1c(C)cc(C)cc1OC)C(C)(C)C#N. The van der Waals surface area contributed by atoms with E-state index in [0.717, 1.165) is 22.4 Å². The van der Waals surface area contributed by atoms with Gasteiger partial charge in [0.05, 0.1) is 24.6 Å². The third-order valence-corrected chi connectivity index (χ3v) is 3.30. The molecule has 1 rings (SSSR count). The van der Waals surface area contributed by atoms with Crippen LogP contribution < -0.4 is 10.1 Å². The average Bonchev–Trinajstić information content (AvgIpc) is 2.31. The molecule has 0 aliphatic carbocycles. The zero-order chi connectivity index (χ0) is 13.9. The molecule has 1 aromatic rings. The highest BCUT2D eigenvalue weighted by atomic mass is 16.5. The molecule has 18 heavy (non-hydrogen) atoms. The highest BCUT2D eigenvalue weighted by Gasteiger charge is 2.32. The van der Waals surface area contributed by atoms with Gasteiger partial charge in [-0.2, -0.15) is 5.26 Å². The number of benzene rings is 1. The largest absolute Gasteiger partial charge is 0.496 e. The molecule has 1 unspecified atom stereocenters. The Kier molecular flexibility index (Phi) is 4.37. The number of nitriles is 1. The van der Waals surface area contributed by atoms with E-state index >= 15 is 0 Å². The molecule has 1 atom stereocenters. The van der Waals surface area contributed by atoms with E-state index in [1.807, 2.05) is 33.9 Å². The molecule has 3 heteroatoms. The smallest absolute Gasteiger partial charge is 0.124 e. The molecule has 0 fully saturated rings. The molecule has 0 saturated carbocycles. The molecule has 0 aromatic heterocycles. The van der Waals surface area contributed by atoms with E-state index in [1.54, 1.807) is 7.11 Å². The maximum Gasteiger partial charge on any atom is 0.124 e. The van der Waals surface area contributed by atoms with Gasteiger partial charge in [0.2, 0.25) is 0 Å². The zero-order valence-electron chi connectivity index (χ0n) is 12.1. The van der Waals surface area contributed by atoms with Gasteiger partial charge in [-0.25, -0.2) is 0 Å². The number of hydrogen-bond donors (Lipinski definition) is 1. The first-order valence-electron chi connectivity index (χ1n) is 6.11. The van der Waals surface area contributed by atoms with Gasteiger partial charge in [0.25, 0.3) is 0 Å². The molecule has 0 aliphatic rings. The van der Waals surface area contributed by atoms with Gasteiger partial charge in [-0.3, -0.25) is 0 Å². The first kappa shape index (κ1) is 14.5. The van der Waals surface area contributed by atoms with Crippen LogP contribution in [0.2, 0.25) is 0 Å². The summed E-state index contributed by atoms with van der Waals surface area (Å²) < 4.78 is 5.48. The summed E-state index contributed by atoms with van der Waals surface area (Å²) in [5, 5.41) is 12.6. The molecule has 0 radical (unpaired) electrons. The maximum absolute atomic E-state index is 9.34. The van der Waals surface area contributed by atoms with Crippen LogP contribution in [0.15, 0.2) is 12.1 Å². The normalized spacial score (nSPS) is 12.9. The molecule has 3 nitrogen and oxygen atoms in total. The van der Waals surface area contributed by atoms with E-state index in [4.69, 9.17) is 4.74 Å². The first-order valence-corrected chi connectivity index (χ1v) is 6.11. The quantitative estimate of drug-likeness (QED) is 0.887. The van der Waals surface area contributed by atoms with Crippen molar-refractivity contribution in [2.75, 3.05) is 14.2 Å². The second-order valence-electron chi connectivity index (χ2n) is 5.25. The van der Waals surface area contributed by atoms with Crippen molar-refractivity contribution >= 4 is 0 Å². The van der Waals surface area contributed by atoms with Gasteiger partial charge in [0.1, 0.15) is 5.75 Å². The fourth-order valence-corrected chi connectivity index (χ4v) is 2.41. The summed E-state index contributed by atoms with van der Waals surface area (Å²) in [5.41, 5.74) is 2.88. The Morgan fingerprint density at radius 3 is 2.39 bits per heavy atom. The molecule has 0 spiro atoms. The van der Waals surface area contributed by atoms with E-state index in [9.17, 15) is 5.26 Å². The lowest BCUT2D eigenvalue weighted by atomic mass is 9.79. The number of hydrogen-bond acceptors (Lipinski definition) is 3. The van der Waals surface area contributed by atoms with Crippen LogP contribution in [-0.4, -0.2) is 14.2 Å². The van der Waals surface area contributed by atoms with Crippen LogP contribution in [0.25, 0.3) is 0 Å². The Morgan fingerprint density at radius 2 is 1.94 bits per heavy atom. The van der Waals surface area contributed by atoms with Gasteiger partial charge in [-0.05, 0) is 51.9 Å². The van der Waals surface area contributed by atoms with Gasteiger partial charge in [-0.15, -0.1) is 0 Å². The molecule has 0 aliphatic heterocycles. The summed E-state index contributed by atoms with van der Waals surface area (Å²) in [4.78, 5) is 0. The number of nitrogens with zero attached hydrogens (tertiary/aromatic N) is 1. The Labute approximate surface area is 110 Å². The summed E-state index contributed by atoms with van der Waals surface area (Å²) in [6.45, 7) is 7.98. The van der Waals surface area contributed by atoms with E-state index in [-0.39, 0.29) is 6.04 Å². The van der Waals surface area contributed by atoms with Crippen molar-refractivity contribution in [2.45, 2.75) is 33.7 Å². The number of ether oxygens (including phenoxy) is 1. The van der Waals surface area contributed by atoms with E-state index < -0.39 is 5.41 Å². The molecule has 0 saturated heterocycles. The monoisotopic (exact) mass is 246 g/mol. The van der Waals surface area contributed by atoms with Crippen LogP contribution in [0.4, 0.5) is 0 Å². The van der Waals surface area contributed by atoms with Crippen molar-refractivity contribution in [3.8, 4) is 11.8 Å². The minimum atomic E-state index is -0.498. The molecule has 1 aromatic carbocycles. The van der Waals surface area contributed by atoms with Crippen molar-refractivity contribution in [2.24, 2.45) is 5.41 Å². The predicted octanol–water partition coefficient (Wildman–Crippen LogP) is 3.12. The van der Waals surface area contributed by atoms with Crippen LogP contribution in [0.3, 0.4) is 0 Å². The molecule has 1 N–H and O–H groups in total. The predicted molar refractivity (Wildman–Crippen MR) is 73.7 cm³/mol. The standard InChI is InChI=1S/C15H22N2O/c1-10-7-11(2)13(12(8-10)18-6)14(17-5)15(3,4)9-16/h7-8,14,17H,1-6H3. The van der Waals surface area contributed by atoms with Crippen LogP contribution in [0.5, 0.6) is 5.75 Å². The maximum atomic E-state index is 9.34.